The Hall–Kier alpha value is -0.560. The summed E-state index contributed by atoms with van der Waals surface area (Å²) < 4.78 is 0. The molecule has 0 aromatic carbocycles. The Morgan fingerprint density at radius 3 is 0.444 bits per heavy atom. The van der Waals surface area contributed by atoms with Crippen LogP contribution in [0.1, 0.15) is 96.9 Å². The van der Waals surface area contributed by atoms with Gasteiger partial charge < -0.3 is 0 Å². The van der Waals surface area contributed by atoms with Crippen LogP contribution in [0.15, 0.2) is 0 Å². The van der Waals surface area contributed by atoms with Crippen molar-refractivity contribution in [2.24, 2.45) is 5.41 Å². The van der Waals surface area contributed by atoms with Crippen LogP contribution < -0.4 is 0 Å². The Balaban J connectivity index is 0.000000195. The van der Waals surface area contributed by atoms with Crippen LogP contribution in [0.4, 0.5) is 0 Å². The Bertz CT molecular complexity index is 633. The normalized spacial score (nSPS) is 37.2. The summed E-state index contributed by atoms with van der Waals surface area (Å²) in [7, 11) is 0. The Kier molecular flexibility index (Phi) is 8.97. The van der Waals surface area contributed by atoms with Crippen molar-refractivity contribution >= 4 is 0 Å². The SMILES string of the molecule is CC1(C)OOC(C)(C)OO1.CC1(C)OOC(C)(C)OOC(C)(C)OO1.CC12OOC(C)(OO1)C2(C)C. The molecule has 4 heterocycles. The molecule has 0 aromatic rings. The molecule has 0 radical (unpaired) electrons. The van der Waals surface area contributed by atoms with Crippen LogP contribution in [0.3, 0.4) is 0 Å². The zero-order valence-electron chi connectivity index (χ0n) is 23.7. The van der Waals surface area contributed by atoms with E-state index in [0.717, 1.165) is 0 Å². The highest BCUT2D eigenvalue weighted by Crippen LogP contribution is 2.58. The minimum Gasteiger partial charge on any atom is -0.196 e. The van der Waals surface area contributed by atoms with Crippen LogP contribution in [0.2, 0.25) is 0 Å². The Labute approximate surface area is 211 Å². The van der Waals surface area contributed by atoms with Crippen LogP contribution in [-0.2, 0) is 68.4 Å². The van der Waals surface area contributed by atoms with Crippen molar-refractivity contribution in [1.29, 1.82) is 0 Å². The zero-order chi connectivity index (χ0) is 27.9. The summed E-state index contributed by atoms with van der Waals surface area (Å²) >= 11 is 0. The Morgan fingerprint density at radius 1 is 0.222 bits per heavy atom. The number of hydrogen-bond donors (Lipinski definition) is 0. The van der Waals surface area contributed by atoms with Gasteiger partial charge in [0.15, 0.2) is 0 Å². The van der Waals surface area contributed by atoms with E-state index in [1.807, 2.05) is 13.8 Å². The molecule has 4 saturated heterocycles. The highest BCUT2D eigenvalue weighted by atomic mass is 17.4. The lowest BCUT2D eigenvalue weighted by Crippen LogP contribution is -2.44. The summed E-state index contributed by atoms with van der Waals surface area (Å²) in [6.45, 7) is 24.2. The van der Waals surface area contributed by atoms with Gasteiger partial charge in [-0.25, -0.2) is 0 Å². The smallest absolute Gasteiger partial charge is 0.196 e. The van der Waals surface area contributed by atoms with Crippen LogP contribution >= 0.6 is 0 Å². The van der Waals surface area contributed by atoms with E-state index in [1.54, 1.807) is 83.1 Å². The molecule has 4 fully saturated rings. The maximum absolute atomic E-state index is 5.01. The lowest BCUT2D eigenvalue weighted by atomic mass is 9.78. The van der Waals surface area contributed by atoms with Gasteiger partial charge in [-0.2, -0.15) is 68.4 Å². The maximum atomic E-state index is 5.01. The molecule has 0 unspecified atom stereocenters. The van der Waals surface area contributed by atoms with E-state index in [4.69, 9.17) is 68.4 Å². The molecule has 0 saturated carbocycles. The van der Waals surface area contributed by atoms with Gasteiger partial charge in [0.25, 0.3) is 0 Å². The summed E-state index contributed by atoms with van der Waals surface area (Å²) in [5.74, 6) is -6.32. The molecule has 0 N–H and O–H groups in total. The molecule has 4 aliphatic rings. The molecule has 4 rings (SSSR count). The average Bonchev–Trinajstić information content (AvgIpc) is 3.05. The highest BCUT2D eigenvalue weighted by molar-refractivity contribution is 4.98. The van der Waals surface area contributed by atoms with Gasteiger partial charge in [0.1, 0.15) is 0 Å². The minimum atomic E-state index is -1.05. The van der Waals surface area contributed by atoms with Crippen molar-refractivity contribution in [2.45, 2.75) is 137 Å². The third-order valence-electron chi connectivity index (χ3n) is 5.21. The average molecular weight is 531 g/mol. The van der Waals surface area contributed by atoms with Crippen molar-refractivity contribution in [3.8, 4) is 0 Å². The largest absolute Gasteiger partial charge is 0.241 e. The quantitative estimate of drug-likeness (QED) is 0.398. The number of fused-ring (bicyclic) bond motifs is 2. The van der Waals surface area contributed by atoms with Crippen molar-refractivity contribution in [3.63, 3.8) is 0 Å². The first-order valence-electron chi connectivity index (χ1n) is 11.5. The fraction of sp³-hybridized carbons (Fsp3) is 1.00. The molecule has 2 bridgehead atoms. The van der Waals surface area contributed by atoms with Crippen LogP contribution in [0, 0.1) is 5.41 Å². The van der Waals surface area contributed by atoms with E-state index in [9.17, 15) is 0 Å². The summed E-state index contributed by atoms with van der Waals surface area (Å²) in [5.41, 5.74) is -0.292. The topological polar surface area (TPSA) is 129 Å². The van der Waals surface area contributed by atoms with E-state index in [0.29, 0.717) is 0 Å². The number of rotatable bonds is 0. The molecule has 0 amide bonds. The van der Waals surface area contributed by atoms with Crippen molar-refractivity contribution < 1.29 is 68.4 Å². The summed E-state index contributed by atoms with van der Waals surface area (Å²) in [6.07, 6.45) is 0. The van der Waals surface area contributed by atoms with Gasteiger partial charge >= 0.3 is 0 Å². The van der Waals surface area contributed by atoms with E-state index in [2.05, 4.69) is 0 Å². The third-order valence-corrected chi connectivity index (χ3v) is 5.21. The van der Waals surface area contributed by atoms with Gasteiger partial charge in [0.05, 0.1) is 5.41 Å². The zero-order valence-corrected chi connectivity index (χ0v) is 23.7. The predicted octanol–water partition coefficient (Wildman–Crippen LogP) is 4.79. The summed E-state index contributed by atoms with van der Waals surface area (Å²) in [4.78, 5) is 69.4. The van der Waals surface area contributed by atoms with Gasteiger partial charge in [0, 0.05) is 0 Å². The Morgan fingerprint density at radius 2 is 0.361 bits per heavy atom. The monoisotopic (exact) mass is 530 g/mol. The molecule has 0 aromatic heterocycles. The first kappa shape index (κ1) is 31.7. The lowest BCUT2D eigenvalue weighted by Gasteiger charge is -2.35. The van der Waals surface area contributed by atoms with E-state index < -0.39 is 40.5 Å². The number of hydrogen-bond acceptors (Lipinski definition) is 14. The summed E-state index contributed by atoms with van der Waals surface area (Å²) in [5, 5.41) is 0. The fourth-order valence-electron chi connectivity index (χ4n) is 2.25. The van der Waals surface area contributed by atoms with Crippen molar-refractivity contribution in [1.82, 2.24) is 0 Å². The van der Waals surface area contributed by atoms with Gasteiger partial charge in [-0.3, -0.25) is 0 Å². The maximum Gasteiger partial charge on any atom is 0.241 e. The second-order valence-corrected chi connectivity index (χ2v) is 11.7. The third kappa shape index (κ3) is 7.97. The molecule has 0 atom stereocenters. The second-order valence-electron chi connectivity index (χ2n) is 11.7. The van der Waals surface area contributed by atoms with E-state index in [1.165, 1.54) is 0 Å². The molecular weight excluding hydrogens is 488 g/mol. The molecule has 4 aliphatic heterocycles. The van der Waals surface area contributed by atoms with Gasteiger partial charge in [-0.15, -0.1) is 0 Å². The van der Waals surface area contributed by atoms with Crippen LogP contribution in [0.25, 0.3) is 0 Å². The van der Waals surface area contributed by atoms with Crippen molar-refractivity contribution in [3.05, 3.63) is 0 Å². The van der Waals surface area contributed by atoms with Crippen LogP contribution in [-0.4, -0.2) is 40.5 Å². The molecule has 0 aliphatic carbocycles. The standard InChI is InChI=1S/C9H18O6.C7H12O4.C6H12O4/c1-7(2)10-12-8(3,4)14-15-9(5,6)13-11-7;1-5(2)6(3)8-10-7(5,4)11-9-6;1-5(2)7-9-6(3,4)10-8-5/h1-6H3;1-4H3;1-4H3. The van der Waals surface area contributed by atoms with Crippen LogP contribution in [0.5, 0.6) is 0 Å². The van der Waals surface area contributed by atoms with E-state index in [-0.39, 0.29) is 5.41 Å². The molecule has 36 heavy (non-hydrogen) atoms. The summed E-state index contributed by atoms with van der Waals surface area (Å²) in [6, 6.07) is 0. The van der Waals surface area contributed by atoms with Gasteiger partial charge in [-0.05, 0) is 96.9 Å². The van der Waals surface area contributed by atoms with Gasteiger partial charge in [-0.1, -0.05) is 0 Å². The minimum absolute atomic E-state index is 0.292. The van der Waals surface area contributed by atoms with E-state index >= 15 is 0 Å². The second kappa shape index (κ2) is 10.2. The molecular formula is C22H42O14. The first-order valence-corrected chi connectivity index (χ1v) is 11.5. The van der Waals surface area contributed by atoms with Gasteiger partial charge in [0.2, 0.25) is 40.5 Å². The highest BCUT2D eigenvalue weighted by Gasteiger charge is 2.72. The molecule has 214 valence electrons. The molecule has 14 heteroatoms. The molecule has 0 spiro atoms. The predicted molar refractivity (Wildman–Crippen MR) is 116 cm³/mol. The fourth-order valence-corrected chi connectivity index (χ4v) is 2.25. The van der Waals surface area contributed by atoms with Crippen molar-refractivity contribution in [2.75, 3.05) is 0 Å². The first-order chi connectivity index (χ1) is 15.9. The lowest BCUT2D eigenvalue weighted by molar-refractivity contribution is -0.644. The molecule has 14 nitrogen and oxygen atoms in total.